The number of halogens is 1. The molecule has 5 nitrogen and oxygen atoms in total. The Balaban J connectivity index is 1.66. The number of nitrogens with zero attached hydrogens (tertiary/aromatic N) is 3. The highest BCUT2D eigenvalue weighted by Gasteiger charge is 2.32. The van der Waals surface area contributed by atoms with Crippen molar-refractivity contribution < 1.29 is 5.11 Å². The van der Waals surface area contributed by atoms with Gasteiger partial charge in [0.15, 0.2) is 5.65 Å². The smallest absolute Gasteiger partial charge is 0.155 e. The summed E-state index contributed by atoms with van der Waals surface area (Å²) >= 11 is 3.38. The van der Waals surface area contributed by atoms with Gasteiger partial charge >= 0.3 is 0 Å². The molecule has 2 aromatic rings. The minimum atomic E-state index is 0.0859. The van der Waals surface area contributed by atoms with Gasteiger partial charge in [0, 0.05) is 31.3 Å². The van der Waals surface area contributed by atoms with Gasteiger partial charge in [-0.1, -0.05) is 12.8 Å². The van der Waals surface area contributed by atoms with Crippen molar-refractivity contribution in [3.8, 4) is 0 Å². The molecule has 6 heteroatoms. The van der Waals surface area contributed by atoms with Gasteiger partial charge in [0.25, 0.3) is 0 Å². The first-order valence-electron chi connectivity index (χ1n) is 7.02. The number of nitrogens with one attached hydrogen (secondary N) is 1. The Morgan fingerprint density at radius 1 is 1.30 bits per heavy atom. The van der Waals surface area contributed by atoms with Gasteiger partial charge in [0.05, 0.1) is 18.1 Å². The van der Waals surface area contributed by atoms with E-state index >= 15 is 0 Å². The Kier molecular flexibility index (Phi) is 4.05. The van der Waals surface area contributed by atoms with Crippen LogP contribution in [0.5, 0.6) is 0 Å². The van der Waals surface area contributed by atoms with E-state index < -0.39 is 0 Å². The van der Waals surface area contributed by atoms with Crippen molar-refractivity contribution >= 4 is 21.6 Å². The Morgan fingerprint density at radius 3 is 2.85 bits per heavy atom. The van der Waals surface area contributed by atoms with Crippen LogP contribution in [-0.4, -0.2) is 32.6 Å². The second-order valence-electron chi connectivity index (χ2n) is 5.66. The molecule has 1 fully saturated rings. The minimum Gasteiger partial charge on any atom is -0.396 e. The van der Waals surface area contributed by atoms with E-state index in [0.29, 0.717) is 0 Å². The van der Waals surface area contributed by atoms with Crippen LogP contribution in [-0.2, 0) is 6.54 Å². The summed E-state index contributed by atoms with van der Waals surface area (Å²) in [7, 11) is 0. The topological polar surface area (TPSA) is 62.5 Å². The van der Waals surface area contributed by atoms with E-state index in [4.69, 9.17) is 0 Å². The summed E-state index contributed by atoms with van der Waals surface area (Å²) in [5.74, 6) is 0. The van der Waals surface area contributed by atoms with Crippen LogP contribution < -0.4 is 5.32 Å². The molecule has 0 amide bonds. The molecule has 108 valence electrons. The summed E-state index contributed by atoms with van der Waals surface area (Å²) in [6.07, 6.45) is 10.3. The Hall–Kier alpha value is -0.980. The van der Waals surface area contributed by atoms with Crippen molar-refractivity contribution in [3.63, 3.8) is 0 Å². The van der Waals surface area contributed by atoms with Gasteiger partial charge in [-0.2, -0.15) is 0 Å². The van der Waals surface area contributed by atoms with Crippen LogP contribution in [0.15, 0.2) is 23.2 Å². The maximum absolute atomic E-state index is 9.61. The second-order valence-corrected chi connectivity index (χ2v) is 6.47. The molecular formula is C14H19BrN4O. The van der Waals surface area contributed by atoms with Crippen molar-refractivity contribution in [1.29, 1.82) is 0 Å². The van der Waals surface area contributed by atoms with Gasteiger partial charge < -0.3 is 10.4 Å². The molecule has 2 heterocycles. The molecule has 1 saturated carbocycles. The number of fused-ring (bicyclic) bond motifs is 1. The Bertz CT molecular complexity index is 592. The molecule has 2 N–H and O–H groups in total. The molecule has 0 unspecified atom stereocenters. The largest absolute Gasteiger partial charge is 0.396 e. The molecule has 0 radical (unpaired) electrons. The lowest BCUT2D eigenvalue weighted by atomic mass is 9.87. The molecule has 3 rings (SSSR count). The molecule has 1 aliphatic carbocycles. The van der Waals surface area contributed by atoms with Gasteiger partial charge in [-0.3, -0.25) is 4.40 Å². The van der Waals surface area contributed by atoms with E-state index in [2.05, 4.69) is 31.2 Å². The van der Waals surface area contributed by atoms with Crippen molar-refractivity contribution in [1.82, 2.24) is 19.7 Å². The van der Waals surface area contributed by atoms with Gasteiger partial charge in [0.1, 0.15) is 4.60 Å². The zero-order valence-electron chi connectivity index (χ0n) is 11.3. The average Bonchev–Trinajstić information content (AvgIpc) is 3.07. The minimum absolute atomic E-state index is 0.0859. The SMILES string of the molecule is OCC1(CNCc2cnc3cnc(Br)cn23)CCCC1. The van der Waals surface area contributed by atoms with Crippen LogP contribution in [0.2, 0.25) is 0 Å². The lowest BCUT2D eigenvalue weighted by molar-refractivity contribution is 0.128. The number of aliphatic hydroxyl groups is 1. The van der Waals surface area contributed by atoms with Crippen LogP contribution in [0.4, 0.5) is 0 Å². The highest BCUT2D eigenvalue weighted by molar-refractivity contribution is 9.10. The number of aromatic nitrogens is 3. The van der Waals surface area contributed by atoms with Gasteiger partial charge in [-0.05, 0) is 28.8 Å². The summed E-state index contributed by atoms with van der Waals surface area (Å²) in [6, 6.07) is 0. The first-order chi connectivity index (χ1) is 9.72. The predicted molar refractivity (Wildman–Crippen MR) is 80.4 cm³/mol. The molecule has 0 bridgehead atoms. The monoisotopic (exact) mass is 338 g/mol. The van der Waals surface area contributed by atoms with Crippen LogP contribution in [0.3, 0.4) is 0 Å². The highest BCUT2D eigenvalue weighted by atomic mass is 79.9. The number of imidazole rings is 1. The third-order valence-corrected chi connectivity index (χ3v) is 4.66. The summed E-state index contributed by atoms with van der Waals surface area (Å²) in [5.41, 5.74) is 2.04. The molecule has 2 aromatic heterocycles. The lowest BCUT2D eigenvalue weighted by Gasteiger charge is -2.26. The lowest BCUT2D eigenvalue weighted by Crippen LogP contribution is -2.35. The molecular weight excluding hydrogens is 320 g/mol. The van der Waals surface area contributed by atoms with E-state index in [1.54, 1.807) is 6.20 Å². The fourth-order valence-electron chi connectivity index (χ4n) is 3.02. The van der Waals surface area contributed by atoms with E-state index in [0.717, 1.165) is 41.9 Å². The van der Waals surface area contributed by atoms with Crippen molar-refractivity contribution in [2.45, 2.75) is 32.2 Å². The van der Waals surface area contributed by atoms with Crippen molar-refractivity contribution in [2.75, 3.05) is 13.2 Å². The van der Waals surface area contributed by atoms with Crippen LogP contribution in [0.25, 0.3) is 5.65 Å². The average molecular weight is 339 g/mol. The molecule has 0 aromatic carbocycles. The summed E-state index contributed by atoms with van der Waals surface area (Å²) in [4.78, 5) is 8.51. The predicted octanol–water partition coefficient (Wildman–Crippen LogP) is 2.13. The number of rotatable bonds is 5. The fourth-order valence-corrected chi connectivity index (χ4v) is 3.33. The molecule has 0 spiro atoms. The third-order valence-electron chi connectivity index (χ3n) is 4.25. The maximum atomic E-state index is 9.61. The maximum Gasteiger partial charge on any atom is 0.155 e. The first kappa shape index (κ1) is 14.0. The zero-order valence-corrected chi connectivity index (χ0v) is 12.9. The quantitative estimate of drug-likeness (QED) is 0.876. The molecule has 20 heavy (non-hydrogen) atoms. The van der Waals surface area contributed by atoms with E-state index in [9.17, 15) is 5.11 Å². The summed E-state index contributed by atoms with van der Waals surface area (Å²) < 4.78 is 2.83. The van der Waals surface area contributed by atoms with Crippen molar-refractivity contribution in [2.24, 2.45) is 5.41 Å². The number of aliphatic hydroxyl groups excluding tert-OH is 1. The van der Waals surface area contributed by atoms with Crippen LogP contribution in [0, 0.1) is 5.41 Å². The second kappa shape index (κ2) is 5.79. The van der Waals surface area contributed by atoms with Crippen LogP contribution >= 0.6 is 15.9 Å². The van der Waals surface area contributed by atoms with Gasteiger partial charge in [-0.25, -0.2) is 9.97 Å². The third kappa shape index (κ3) is 2.73. The Morgan fingerprint density at radius 2 is 2.10 bits per heavy atom. The van der Waals surface area contributed by atoms with Gasteiger partial charge in [-0.15, -0.1) is 0 Å². The van der Waals surface area contributed by atoms with Crippen LogP contribution in [0.1, 0.15) is 31.4 Å². The van der Waals surface area contributed by atoms with E-state index in [1.807, 2.05) is 16.8 Å². The fraction of sp³-hybridized carbons (Fsp3) is 0.571. The van der Waals surface area contributed by atoms with E-state index in [-0.39, 0.29) is 12.0 Å². The van der Waals surface area contributed by atoms with Crippen molar-refractivity contribution in [3.05, 3.63) is 28.9 Å². The zero-order chi connectivity index (χ0) is 14.0. The molecule has 1 aliphatic rings. The number of hydrogen-bond donors (Lipinski definition) is 2. The summed E-state index contributed by atoms with van der Waals surface area (Å²) in [6.45, 7) is 1.89. The molecule has 0 aliphatic heterocycles. The highest BCUT2D eigenvalue weighted by Crippen LogP contribution is 2.36. The number of hydrogen-bond acceptors (Lipinski definition) is 4. The first-order valence-corrected chi connectivity index (χ1v) is 7.81. The van der Waals surface area contributed by atoms with E-state index in [1.165, 1.54) is 12.8 Å². The molecule has 0 atom stereocenters. The van der Waals surface area contributed by atoms with Gasteiger partial charge in [0.2, 0.25) is 0 Å². The normalized spacial score (nSPS) is 17.9. The Labute approximate surface area is 126 Å². The molecule has 0 saturated heterocycles. The summed E-state index contributed by atoms with van der Waals surface area (Å²) in [5, 5.41) is 13.1. The standard InChI is InChI=1S/C14H19BrN4O/c15-12-8-19-11(6-18-13(19)7-17-12)5-16-9-14(10-20)3-1-2-4-14/h6-8,16,20H,1-5,9-10H2.